The molecule has 4 rings (SSSR count). The van der Waals surface area contributed by atoms with E-state index < -0.39 is 0 Å². The molecular weight excluding hydrogens is 404 g/mol. The highest BCUT2D eigenvalue weighted by molar-refractivity contribution is 5.94. The second kappa shape index (κ2) is 9.47. The van der Waals surface area contributed by atoms with E-state index in [-0.39, 0.29) is 23.8 Å². The zero-order valence-electron chi connectivity index (χ0n) is 17.7. The van der Waals surface area contributed by atoms with Crippen molar-refractivity contribution in [2.75, 3.05) is 5.32 Å². The molecular formula is C24H26N6O2. The maximum absolute atomic E-state index is 13.0. The van der Waals surface area contributed by atoms with Gasteiger partial charge in [-0.2, -0.15) is 0 Å². The molecule has 1 saturated carbocycles. The first kappa shape index (κ1) is 21.3. The molecule has 164 valence electrons. The third-order valence-corrected chi connectivity index (χ3v) is 5.61. The number of carbonyl (C=O) groups is 1. The fourth-order valence-corrected chi connectivity index (χ4v) is 3.53. The molecule has 0 aliphatic heterocycles. The Kier molecular flexibility index (Phi) is 6.30. The third-order valence-electron chi connectivity index (χ3n) is 5.61. The van der Waals surface area contributed by atoms with Gasteiger partial charge in [0.05, 0.1) is 0 Å². The van der Waals surface area contributed by atoms with Gasteiger partial charge in [0.1, 0.15) is 18.1 Å². The van der Waals surface area contributed by atoms with Crippen LogP contribution in [0.15, 0.2) is 65.8 Å². The summed E-state index contributed by atoms with van der Waals surface area (Å²) in [7, 11) is 0. The highest BCUT2D eigenvalue weighted by Gasteiger charge is 2.20. The number of carbonyl (C=O) groups excluding carboxylic acids is 1. The first-order valence-electron chi connectivity index (χ1n) is 10.6. The average Bonchev–Trinajstić information content (AvgIpc) is 2.77. The molecule has 1 aliphatic rings. The standard InChI is InChI=1S/C24H26N6O2/c25-23(26)17-8-6-16(7-9-17)12-28-22(31)15-30-14-19(18-3-2-10-27-13-18)11-21(24(30)32)29-20-4-1-5-20/h2-3,6-11,13-14,20,29H,1,4-5,12,15H2,(H3,25,26)(H,28,31). The van der Waals surface area contributed by atoms with E-state index in [0.717, 1.165) is 36.0 Å². The second-order valence-electron chi connectivity index (χ2n) is 7.98. The normalized spacial score (nSPS) is 13.2. The van der Waals surface area contributed by atoms with Gasteiger partial charge in [-0.3, -0.25) is 20.0 Å². The Morgan fingerprint density at radius 2 is 1.97 bits per heavy atom. The molecule has 0 radical (unpaired) electrons. The lowest BCUT2D eigenvalue weighted by Gasteiger charge is -2.27. The van der Waals surface area contributed by atoms with Crippen LogP contribution in [0.2, 0.25) is 0 Å². The topological polar surface area (TPSA) is 126 Å². The summed E-state index contributed by atoms with van der Waals surface area (Å²) in [5.41, 5.74) is 8.97. The number of nitrogens with two attached hydrogens (primary N) is 1. The average molecular weight is 431 g/mol. The number of nitrogens with one attached hydrogen (secondary N) is 3. The minimum atomic E-state index is -0.263. The quantitative estimate of drug-likeness (QED) is 0.323. The number of hydrogen-bond donors (Lipinski definition) is 4. The summed E-state index contributed by atoms with van der Waals surface area (Å²) in [6, 6.07) is 13.0. The molecule has 1 aliphatic carbocycles. The van der Waals surface area contributed by atoms with Crippen LogP contribution in [0.3, 0.4) is 0 Å². The van der Waals surface area contributed by atoms with Gasteiger partial charge in [0, 0.05) is 47.9 Å². The molecule has 8 nitrogen and oxygen atoms in total. The largest absolute Gasteiger partial charge is 0.384 e. The molecule has 2 aromatic heterocycles. The van der Waals surface area contributed by atoms with Crippen LogP contribution < -0.4 is 21.9 Å². The number of nitrogen functional groups attached to an aromatic ring is 1. The Morgan fingerprint density at radius 1 is 1.19 bits per heavy atom. The number of rotatable bonds is 8. The summed E-state index contributed by atoms with van der Waals surface area (Å²) in [6.45, 7) is 0.235. The van der Waals surface area contributed by atoms with E-state index >= 15 is 0 Å². The van der Waals surface area contributed by atoms with Gasteiger partial charge < -0.3 is 20.9 Å². The molecule has 32 heavy (non-hydrogen) atoms. The van der Waals surface area contributed by atoms with Gasteiger partial charge in [-0.1, -0.05) is 30.3 Å². The number of anilines is 1. The fraction of sp³-hybridized carbons (Fsp3) is 0.250. The van der Waals surface area contributed by atoms with Gasteiger partial charge in [-0.15, -0.1) is 0 Å². The van der Waals surface area contributed by atoms with Crippen LogP contribution in [-0.2, 0) is 17.9 Å². The van der Waals surface area contributed by atoms with E-state index in [1.54, 1.807) is 30.7 Å². The van der Waals surface area contributed by atoms with Gasteiger partial charge in [0.15, 0.2) is 0 Å². The minimum Gasteiger partial charge on any atom is -0.384 e. The van der Waals surface area contributed by atoms with Crippen LogP contribution in [0.1, 0.15) is 30.4 Å². The molecule has 0 spiro atoms. The first-order valence-corrected chi connectivity index (χ1v) is 10.6. The Labute approximate surface area is 186 Å². The minimum absolute atomic E-state index is 0.000210. The Balaban J connectivity index is 1.50. The number of pyridine rings is 2. The first-order chi connectivity index (χ1) is 15.5. The third kappa shape index (κ3) is 5.03. The van der Waals surface area contributed by atoms with Crippen LogP contribution in [-0.4, -0.2) is 27.3 Å². The molecule has 0 bridgehead atoms. The Morgan fingerprint density at radius 3 is 2.59 bits per heavy atom. The van der Waals surface area contributed by atoms with Crippen molar-refractivity contribution in [3.63, 3.8) is 0 Å². The molecule has 3 aromatic rings. The van der Waals surface area contributed by atoms with Crippen molar-refractivity contribution >= 4 is 17.4 Å². The van der Waals surface area contributed by atoms with Gasteiger partial charge in [-0.25, -0.2) is 0 Å². The predicted molar refractivity (Wildman–Crippen MR) is 124 cm³/mol. The van der Waals surface area contributed by atoms with Gasteiger partial charge in [-0.05, 0) is 37.0 Å². The van der Waals surface area contributed by atoms with Crippen LogP contribution >= 0.6 is 0 Å². The predicted octanol–water partition coefficient (Wildman–Crippen LogP) is 2.48. The van der Waals surface area contributed by atoms with E-state index in [4.69, 9.17) is 11.1 Å². The van der Waals surface area contributed by atoms with E-state index in [1.807, 2.05) is 30.3 Å². The summed E-state index contributed by atoms with van der Waals surface area (Å²) < 4.78 is 1.44. The summed E-state index contributed by atoms with van der Waals surface area (Å²) in [5.74, 6) is -0.263. The molecule has 0 saturated heterocycles. The van der Waals surface area contributed by atoms with E-state index in [2.05, 4.69) is 15.6 Å². The SMILES string of the molecule is N=C(N)c1ccc(CNC(=O)Cn2cc(-c3cccnc3)cc(NC3CCC3)c2=O)cc1. The number of benzene rings is 1. The van der Waals surface area contributed by atoms with Crippen molar-refractivity contribution < 1.29 is 4.79 Å². The molecule has 2 heterocycles. The highest BCUT2D eigenvalue weighted by Crippen LogP contribution is 2.24. The van der Waals surface area contributed by atoms with Crippen LogP contribution in [0.4, 0.5) is 5.69 Å². The Bertz CT molecular complexity index is 1170. The zero-order valence-corrected chi connectivity index (χ0v) is 17.7. The summed E-state index contributed by atoms with van der Waals surface area (Å²) in [5, 5.41) is 13.6. The van der Waals surface area contributed by atoms with Gasteiger partial charge in [0.25, 0.3) is 5.56 Å². The lowest BCUT2D eigenvalue weighted by Crippen LogP contribution is -2.35. The summed E-state index contributed by atoms with van der Waals surface area (Å²) >= 11 is 0. The summed E-state index contributed by atoms with van der Waals surface area (Å²) in [4.78, 5) is 29.8. The molecule has 1 amide bonds. The van der Waals surface area contributed by atoms with Gasteiger partial charge >= 0.3 is 0 Å². The smallest absolute Gasteiger partial charge is 0.274 e. The van der Waals surface area contributed by atoms with E-state index in [9.17, 15) is 9.59 Å². The lowest BCUT2D eigenvalue weighted by atomic mass is 9.93. The number of amidine groups is 1. The van der Waals surface area contributed by atoms with Crippen molar-refractivity contribution in [3.05, 3.63) is 82.5 Å². The molecule has 1 fully saturated rings. The van der Waals surface area contributed by atoms with Crippen molar-refractivity contribution in [3.8, 4) is 11.1 Å². The maximum Gasteiger partial charge on any atom is 0.274 e. The van der Waals surface area contributed by atoms with Crippen molar-refractivity contribution in [1.82, 2.24) is 14.9 Å². The lowest BCUT2D eigenvalue weighted by molar-refractivity contribution is -0.121. The zero-order chi connectivity index (χ0) is 22.5. The van der Waals surface area contributed by atoms with Crippen molar-refractivity contribution in [2.24, 2.45) is 5.73 Å². The number of nitrogens with zero attached hydrogens (tertiary/aromatic N) is 2. The molecule has 0 atom stereocenters. The number of amides is 1. The fourth-order valence-electron chi connectivity index (χ4n) is 3.53. The monoisotopic (exact) mass is 430 g/mol. The van der Waals surface area contributed by atoms with Crippen LogP contribution in [0.25, 0.3) is 11.1 Å². The molecule has 1 aromatic carbocycles. The van der Waals surface area contributed by atoms with Crippen LogP contribution in [0.5, 0.6) is 0 Å². The summed E-state index contributed by atoms with van der Waals surface area (Å²) in [6.07, 6.45) is 8.38. The van der Waals surface area contributed by atoms with Crippen LogP contribution in [0, 0.1) is 5.41 Å². The molecule has 0 unspecified atom stereocenters. The maximum atomic E-state index is 13.0. The van der Waals surface area contributed by atoms with Gasteiger partial charge in [0.2, 0.25) is 5.91 Å². The molecule has 8 heteroatoms. The van der Waals surface area contributed by atoms with Crippen molar-refractivity contribution in [1.29, 1.82) is 5.41 Å². The molecule has 5 N–H and O–H groups in total. The highest BCUT2D eigenvalue weighted by atomic mass is 16.2. The van der Waals surface area contributed by atoms with E-state index in [1.165, 1.54) is 4.57 Å². The number of aromatic nitrogens is 2. The van der Waals surface area contributed by atoms with E-state index in [0.29, 0.717) is 23.8 Å². The Hall–Kier alpha value is -3.94. The number of hydrogen-bond acceptors (Lipinski definition) is 5. The van der Waals surface area contributed by atoms with Crippen molar-refractivity contribution in [2.45, 2.75) is 38.4 Å². The second-order valence-corrected chi connectivity index (χ2v) is 7.98.